The molecule has 0 spiro atoms. The van der Waals surface area contributed by atoms with Crippen molar-refractivity contribution in [1.82, 2.24) is 0 Å². The molecule has 0 fully saturated rings. The van der Waals surface area contributed by atoms with Gasteiger partial charge in [0, 0.05) is 0 Å². The van der Waals surface area contributed by atoms with Crippen molar-refractivity contribution < 1.29 is 0 Å². The fourth-order valence-corrected chi connectivity index (χ4v) is 1.68. The molecule has 0 N–H and O–H groups in total. The van der Waals surface area contributed by atoms with Crippen LogP contribution in [0.4, 0.5) is 0 Å². The van der Waals surface area contributed by atoms with Gasteiger partial charge in [0.25, 0.3) is 0 Å². The summed E-state index contributed by atoms with van der Waals surface area (Å²) in [4.78, 5) is 0. The molecule has 1 aromatic rings. The number of allylic oxidation sites excluding steroid dienone is 4. The van der Waals surface area contributed by atoms with Crippen LogP contribution in [0.25, 0.3) is 11.6 Å². The van der Waals surface area contributed by atoms with E-state index in [0.717, 1.165) is 17.6 Å². The van der Waals surface area contributed by atoms with Crippen molar-refractivity contribution in [3.05, 3.63) is 72.9 Å². The predicted octanol–water partition coefficient (Wildman–Crippen LogP) is 5.89. The minimum atomic E-state index is 0.966. The molecule has 0 saturated carbocycles. The maximum Gasteiger partial charge on any atom is -0.0158 e. The van der Waals surface area contributed by atoms with Gasteiger partial charge in [-0.3, -0.25) is 0 Å². The molecule has 0 aliphatic rings. The van der Waals surface area contributed by atoms with Crippen molar-refractivity contribution in [2.24, 2.45) is 0 Å². The first-order valence-corrected chi connectivity index (χ1v) is 6.47. The Morgan fingerprint density at radius 3 is 1.89 bits per heavy atom. The summed E-state index contributed by atoms with van der Waals surface area (Å²) < 4.78 is 0. The Morgan fingerprint density at radius 2 is 1.56 bits per heavy atom. The zero-order chi connectivity index (χ0) is 14.0. The molecule has 0 aliphatic heterocycles. The molecule has 0 heterocycles. The van der Waals surface area contributed by atoms with Crippen LogP contribution >= 0.6 is 0 Å². The van der Waals surface area contributed by atoms with Crippen molar-refractivity contribution >= 4 is 11.6 Å². The molecule has 96 valence electrons. The SMILES string of the molecule is C=C/C(CC)=C(\C=C)c1ccc(C=C)cc1.CC. The summed E-state index contributed by atoms with van der Waals surface area (Å²) in [5.41, 5.74) is 4.69. The lowest BCUT2D eigenvalue weighted by Crippen LogP contribution is -1.86. The van der Waals surface area contributed by atoms with E-state index in [0.29, 0.717) is 0 Å². The zero-order valence-corrected chi connectivity index (χ0v) is 11.9. The van der Waals surface area contributed by atoms with Gasteiger partial charge < -0.3 is 0 Å². The number of benzene rings is 1. The van der Waals surface area contributed by atoms with Crippen LogP contribution in [0.1, 0.15) is 38.3 Å². The van der Waals surface area contributed by atoms with Crippen LogP contribution < -0.4 is 0 Å². The van der Waals surface area contributed by atoms with E-state index in [1.54, 1.807) is 0 Å². The Bertz CT molecular complexity index is 416. The van der Waals surface area contributed by atoms with Gasteiger partial charge in [-0.15, -0.1) is 0 Å². The normalized spacial score (nSPS) is 10.6. The second-order valence-electron chi connectivity index (χ2n) is 3.53. The fraction of sp³-hybridized carbons (Fsp3) is 0.222. The number of hydrogen-bond acceptors (Lipinski definition) is 0. The Balaban J connectivity index is 0.00000137. The average Bonchev–Trinajstić information content (AvgIpc) is 2.47. The smallest absolute Gasteiger partial charge is 0.0158 e. The van der Waals surface area contributed by atoms with Gasteiger partial charge in [-0.1, -0.05) is 83.0 Å². The van der Waals surface area contributed by atoms with E-state index in [4.69, 9.17) is 0 Å². The molecule has 0 aliphatic carbocycles. The van der Waals surface area contributed by atoms with E-state index in [9.17, 15) is 0 Å². The first-order valence-electron chi connectivity index (χ1n) is 6.47. The number of rotatable bonds is 5. The van der Waals surface area contributed by atoms with Crippen molar-refractivity contribution in [3.63, 3.8) is 0 Å². The van der Waals surface area contributed by atoms with E-state index in [1.807, 2.05) is 32.1 Å². The summed E-state index contributed by atoms with van der Waals surface area (Å²) in [5, 5.41) is 0. The van der Waals surface area contributed by atoms with Crippen LogP contribution in [0.15, 0.2) is 61.7 Å². The van der Waals surface area contributed by atoms with Gasteiger partial charge in [0.15, 0.2) is 0 Å². The summed E-state index contributed by atoms with van der Waals surface area (Å²) in [7, 11) is 0. The molecule has 0 saturated heterocycles. The highest BCUT2D eigenvalue weighted by Crippen LogP contribution is 2.23. The molecule has 0 unspecified atom stereocenters. The second kappa shape index (κ2) is 9.23. The van der Waals surface area contributed by atoms with Crippen LogP contribution in [-0.4, -0.2) is 0 Å². The molecule has 0 bridgehead atoms. The van der Waals surface area contributed by atoms with Crippen LogP contribution in [0, 0.1) is 0 Å². The second-order valence-corrected chi connectivity index (χ2v) is 3.53. The van der Waals surface area contributed by atoms with E-state index < -0.39 is 0 Å². The summed E-state index contributed by atoms with van der Waals surface area (Å²) in [6.07, 6.45) is 6.60. The lowest BCUT2D eigenvalue weighted by Gasteiger charge is -2.08. The average molecular weight is 240 g/mol. The monoisotopic (exact) mass is 240 g/mol. The van der Waals surface area contributed by atoms with Crippen molar-refractivity contribution in [1.29, 1.82) is 0 Å². The van der Waals surface area contributed by atoms with Crippen molar-refractivity contribution in [2.75, 3.05) is 0 Å². The lowest BCUT2D eigenvalue weighted by molar-refractivity contribution is 1.16. The Morgan fingerprint density at radius 1 is 1.00 bits per heavy atom. The highest BCUT2D eigenvalue weighted by molar-refractivity contribution is 5.78. The summed E-state index contributed by atoms with van der Waals surface area (Å²) in [6, 6.07) is 8.30. The van der Waals surface area contributed by atoms with Gasteiger partial charge in [-0.25, -0.2) is 0 Å². The topological polar surface area (TPSA) is 0 Å². The molecule has 0 radical (unpaired) electrons. The first-order chi connectivity index (χ1) is 8.76. The Kier molecular flexibility index (Phi) is 8.30. The van der Waals surface area contributed by atoms with E-state index in [1.165, 1.54) is 11.1 Å². The number of hydrogen-bond donors (Lipinski definition) is 0. The maximum absolute atomic E-state index is 3.87. The van der Waals surface area contributed by atoms with Gasteiger partial charge in [0.05, 0.1) is 0 Å². The molecule has 1 aromatic carbocycles. The van der Waals surface area contributed by atoms with Gasteiger partial charge in [0.2, 0.25) is 0 Å². The molecule has 1 rings (SSSR count). The van der Waals surface area contributed by atoms with E-state index >= 15 is 0 Å². The molecule has 18 heavy (non-hydrogen) atoms. The third-order valence-corrected chi connectivity index (χ3v) is 2.63. The third-order valence-electron chi connectivity index (χ3n) is 2.63. The largest absolute Gasteiger partial charge is 0.0988 e. The lowest BCUT2D eigenvalue weighted by atomic mass is 9.97. The Labute approximate surface area is 112 Å². The molecule has 0 amide bonds. The van der Waals surface area contributed by atoms with Crippen LogP contribution in [0.3, 0.4) is 0 Å². The quantitative estimate of drug-likeness (QED) is 0.563. The molecule has 0 nitrogen and oxygen atoms in total. The van der Waals surface area contributed by atoms with Crippen LogP contribution in [-0.2, 0) is 0 Å². The highest BCUT2D eigenvalue weighted by Gasteiger charge is 2.01. The molecule has 0 atom stereocenters. The van der Waals surface area contributed by atoms with Gasteiger partial charge in [0.1, 0.15) is 0 Å². The van der Waals surface area contributed by atoms with Crippen molar-refractivity contribution in [3.8, 4) is 0 Å². The fourth-order valence-electron chi connectivity index (χ4n) is 1.68. The molecule has 0 aromatic heterocycles. The summed E-state index contributed by atoms with van der Waals surface area (Å²) in [6.45, 7) is 17.6. The zero-order valence-electron chi connectivity index (χ0n) is 11.9. The minimum absolute atomic E-state index is 0.966. The summed E-state index contributed by atoms with van der Waals surface area (Å²) >= 11 is 0. The third kappa shape index (κ3) is 4.21. The van der Waals surface area contributed by atoms with Crippen molar-refractivity contribution in [2.45, 2.75) is 27.2 Å². The van der Waals surface area contributed by atoms with E-state index in [-0.39, 0.29) is 0 Å². The highest BCUT2D eigenvalue weighted by atomic mass is 14.1. The van der Waals surface area contributed by atoms with Gasteiger partial charge in [-0.05, 0) is 28.7 Å². The molecular formula is C18H24. The first kappa shape index (κ1) is 16.2. The van der Waals surface area contributed by atoms with Gasteiger partial charge >= 0.3 is 0 Å². The van der Waals surface area contributed by atoms with E-state index in [2.05, 4.69) is 50.9 Å². The maximum atomic E-state index is 3.87. The minimum Gasteiger partial charge on any atom is -0.0988 e. The van der Waals surface area contributed by atoms with Gasteiger partial charge in [-0.2, -0.15) is 0 Å². The molecular weight excluding hydrogens is 216 g/mol. The Hall–Kier alpha value is -1.82. The standard InChI is InChI=1S/C16H18.C2H6/c1-5-13-9-11-15(12-10-13)16(8-4)14(6-2)7-3;1-2/h5-6,8-12H,1-2,4,7H2,3H3;1-2H3/b16-14-;. The van der Waals surface area contributed by atoms with Crippen LogP contribution in [0.2, 0.25) is 0 Å². The molecule has 0 heteroatoms. The van der Waals surface area contributed by atoms with Crippen LogP contribution in [0.5, 0.6) is 0 Å². The summed E-state index contributed by atoms with van der Waals surface area (Å²) in [5.74, 6) is 0. The predicted molar refractivity (Wildman–Crippen MR) is 85.5 cm³/mol.